The highest BCUT2D eigenvalue weighted by molar-refractivity contribution is 6.30. The third-order valence-electron chi connectivity index (χ3n) is 2.53. The van der Waals surface area contributed by atoms with Crippen LogP contribution in [0.4, 0.5) is 4.79 Å². The summed E-state index contributed by atoms with van der Waals surface area (Å²) in [5.74, 6) is -0.120. The molecule has 0 heterocycles. The van der Waals surface area contributed by atoms with Crippen molar-refractivity contribution in [1.29, 1.82) is 0 Å². The van der Waals surface area contributed by atoms with Gasteiger partial charge < -0.3 is 10.1 Å². The van der Waals surface area contributed by atoms with Crippen LogP contribution < -0.4 is 5.32 Å². The summed E-state index contributed by atoms with van der Waals surface area (Å²) in [4.78, 5) is 23.3. The molecule has 4 nitrogen and oxygen atoms in total. The molecule has 1 N–H and O–H groups in total. The van der Waals surface area contributed by atoms with Crippen molar-refractivity contribution in [2.24, 2.45) is 0 Å². The van der Waals surface area contributed by atoms with Gasteiger partial charge in [-0.2, -0.15) is 0 Å². The number of amides is 1. The number of halogens is 1. The highest BCUT2D eigenvalue weighted by Crippen LogP contribution is 2.12. The molecule has 5 heteroatoms. The Hall–Kier alpha value is -1.55. The van der Waals surface area contributed by atoms with Crippen molar-refractivity contribution < 1.29 is 14.3 Å². The first-order chi connectivity index (χ1) is 9.17. The zero-order chi connectivity index (χ0) is 15.3. The minimum absolute atomic E-state index is 0.120. The lowest BCUT2D eigenvalue weighted by molar-refractivity contribution is -0.119. The van der Waals surface area contributed by atoms with E-state index in [0.29, 0.717) is 11.4 Å². The smallest absolute Gasteiger partial charge is 0.408 e. The SMILES string of the molecule is CC(=O)[C@@H](Cc1ccc(Cl)cc1)NC(=O)OC(C)(C)C. The molecule has 0 spiro atoms. The highest BCUT2D eigenvalue weighted by atomic mass is 35.5. The van der Waals surface area contributed by atoms with Crippen LogP contribution in [0.5, 0.6) is 0 Å². The van der Waals surface area contributed by atoms with Gasteiger partial charge in [-0.3, -0.25) is 4.79 Å². The van der Waals surface area contributed by atoms with Gasteiger partial charge in [-0.05, 0) is 51.8 Å². The van der Waals surface area contributed by atoms with E-state index in [0.717, 1.165) is 5.56 Å². The number of hydrogen-bond acceptors (Lipinski definition) is 3. The molecule has 0 aliphatic rings. The normalized spacial score (nSPS) is 12.7. The van der Waals surface area contributed by atoms with Crippen molar-refractivity contribution in [3.8, 4) is 0 Å². The van der Waals surface area contributed by atoms with Crippen molar-refractivity contribution in [3.63, 3.8) is 0 Å². The van der Waals surface area contributed by atoms with E-state index in [1.54, 1.807) is 32.9 Å². The first-order valence-corrected chi connectivity index (χ1v) is 6.79. The first-order valence-electron chi connectivity index (χ1n) is 6.42. The van der Waals surface area contributed by atoms with E-state index in [9.17, 15) is 9.59 Å². The van der Waals surface area contributed by atoms with E-state index in [-0.39, 0.29) is 5.78 Å². The summed E-state index contributed by atoms with van der Waals surface area (Å²) >= 11 is 5.81. The van der Waals surface area contributed by atoms with Gasteiger partial charge in [0.25, 0.3) is 0 Å². The van der Waals surface area contributed by atoms with Crippen molar-refractivity contribution in [3.05, 3.63) is 34.9 Å². The summed E-state index contributed by atoms with van der Waals surface area (Å²) in [7, 11) is 0. The van der Waals surface area contributed by atoms with Gasteiger partial charge in [0.1, 0.15) is 5.60 Å². The molecule has 1 aromatic rings. The topological polar surface area (TPSA) is 55.4 Å². The fourth-order valence-corrected chi connectivity index (χ4v) is 1.73. The Morgan fingerprint density at radius 1 is 1.25 bits per heavy atom. The average molecular weight is 298 g/mol. The third kappa shape index (κ3) is 6.06. The number of alkyl carbamates (subject to hydrolysis) is 1. The standard InChI is InChI=1S/C15H20ClNO3/c1-10(18)13(17-14(19)20-15(2,3)4)9-11-5-7-12(16)8-6-11/h5-8,13H,9H2,1-4H3,(H,17,19)/t13-/m1/s1. The average Bonchev–Trinajstić information content (AvgIpc) is 2.28. The van der Waals surface area contributed by atoms with Crippen molar-refractivity contribution in [2.45, 2.75) is 45.8 Å². The number of carbonyl (C=O) groups excluding carboxylic acids is 2. The molecule has 0 radical (unpaired) electrons. The molecule has 0 saturated heterocycles. The van der Waals surface area contributed by atoms with Gasteiger partial charge in [0.15, 0.2) is 5.78 Å². The predicted molar refractivity (Wildman–Crippen MR) is 79.0 cm³/mol. The number of rotatable bonds is 4. The summed E-state index contributed by atoms with van der Waals surface area (Å²) in [6.45, 7) is 6.76. The van der Waals surface area contributed by atoms with Crippen LogP contribution in [0.3, 0.4) is 0 Å². The number of nitrogens with one attached hydrogen (secondary N) is 1. The van der Waals surface area contributed by atoms with Gasteiger partial charge in [-0.1, -0.05) is 23.7 Å². The molecule has 0 fully saturated rings. The maximum Gasteiger partial charge on any atom is 0.408 e. The summed E-state index contributed by atoms with van der Waals surface area (Å²) in [6.07, 6.45) is -0.183. The second-order valence-electron chi connectivity index (χ2n) is 5.64. The summed E-state index contributed by atoms with van der Waals surface area (Å²) in [5, 5.41) is 3.23. The maximum atomic E-state index is 11.7. The number of carbonyl (C=O) groups is 2. The van der Waals surface area contributed by atoms with Gasteiger partial charge in [-0.25, -0.2) is 4.79 Å². The lowest BCUT2D eigenvalue weighted by Gasteiger charge is -2.22. The van der Waals surface area contributed by atoms with Gasteiger partial charge in [0, 0.05) is 5.02 Å². The molecule has 0 aliphatic heterocycles. The molecule has 1 aromatic carbocycles. The minimum atomic E-state index is -0.606. The van der Waals surface area contributed by atoms with Gasteiger partial charge >= 0.3 is 6.09 Å². The minimum Gasteiger partial charge on any atom is -0.444 e. The van der Waals surface area contributed by atoms with E-state index in [2.05, 4.69) is 5.32 Å². The van der Waals surface area contributed by atoms with Crippen molar-refractivity contribution in [2.75, 3.05) is 0 Å². The second-order valence-corrected chi connectivity index (χ2v) is 6.08. The Morgan fingerprint density at radius 3 is 2.25 bits per heavy atom. The van der Waals surface area contributed by atoms with E-state index < -0.39 is 17.7 Å². The van der Waals surface area contributed by atoms with Crippen LogP contribution in [0.15, 0.2) is 24.3 Å². The number of ketones is 1. The highest BCUT2D eigenvalue weighted by Gasteiger charge is 2.22. The Bertz CT molecular complexity index is 477. The van der Waals surface area contributed by atoms with Crippen LogP contribution in [0.1, 0.15) is 33.3 Å². The number of hydrogen-bond donors (Lipinski definition) is 1. The lowest BCUT2D eigenvalue weighted by atomic mass is 10.0. The fraction of sp³-hybridized carbons (Fsp3) is 0.467. The van der Waals surface area contributed by atoms with E-state index >= 15 is 0 Å². The zero-order valence-electron chi connectivity index (χ0n) is 12.2. The van der Waals surface area contributed by atoms with E-state index in [1.807, 2.05) is 12.1 Å². The monoisotopic (exact) mass is 297 g/mol. The van der Waals surface area contributed by atoms with Crippen molar-refractivity contribution in [1.82, 2.24) is 5.32 Å². The Morgan fingerprint density at radius 2 is 1.80 bits per heavy atom. The molecule has 0 aliphatic carbocycles. The van der Waals surface area contributed by atoms with Gasteiger partial charge in [-0.15, -0.1) is 0 Å². The quantitative estimate of drug-likeness (QED) is 0.927. The third-order valence-corrected chi connectivity index (χ3v) is 2.79. The van der Waals surface area contributed by atoms with Crippen LogP contribution >= 0.6 is 11.6 Å². The number of Topliss-reactive ketones (excluding diaryl/α,β-unsaturated/α-hetero) is 1. The van der Waals surface area contributed by atoms with Gasteiger partial charge in [0.05, 0.1) is 6.04 Å². The molecule has 1 atom stereocenters. The van der Waals surface area contributed by atoms with Gasteiger partial charge in [0.2, 0.25) is 0 Å². The lowest BCUT2D eigenvalue weighted by Crippen LogP contribution is -2.43. The molecular formula is C15H20ClNO3. The zero-order valence-corrected chi connectivity index (χ0v) is 13.0. The number of ether oxygens (including phenoxy) is 1. The molecule has 0 saturated carbocycles. The summed E-state index contributed by atoms with van der Waals surface area (Å²) < 4.78 is 5.15. The van der Waals surface area contributed by atoms with Crippen LogP contribution in [-0.4, -0.2) is 23.5 Å². The van der Waals surface area contributed by atoms with E-state index in [4.69, 9.17) is 16.3 Å². The Labute approximate surface area is 124 Å². The van der Waals surface area contributed by atoms with Crippen LogP contribution in [0.2, 0.25) is 5.02 Å². The Balaban J connectivity index is 2.68. The van der Waals surface area contributed by atoms with Crippen LogP contribution in [0, 0.1) is 0 Å². The summed E-state index contributed by atoms with van der Waals surface area (Å²) in [6, 6.07) is 6.55. The molecule has 110 valence electrons. The number of benzene rings is 1. The van der Waals surface area contributed by atoms with Crippen LogP contribution in [0.25, 0.3) is 0 Å². The maximum absolute atomic E-state index is 11.7. The molecule has 20 heavy (non-hydrogen) atoms. The fourth-order valence-electron chi connectivity index (χ4n) is 1.60. The van der Waals surface area contributed by atoms with Crippen molar-refractivity contribution >= 4 is 23.5 Å². The molecule has 0 bridgehead atoms. The van der Waals surface area contributed by atoms with E-state index in [1.165, 1.54) is 6.92 Å². The molecule has 0 unspecified atom stereocenters. The van der Waals surface area contributed by atoms with Crippen LogP contribution in [-0.2, 0) is 16.0 Å². The molecule has 1 rings (SSSR count). The largest absolute Gasteiger partial charge is 0.444 e. The molecule has 0 aromatic heterocycles. The molecular weight excluding hydrogens is 278 g/mol. The molecule has 1 amide bonds. The predicted octanol–water partition coefficient (Wildman–Crippen LogP) is 3.36. The second kappa shape index (κ2) is 6.75. The summed E-state index contributed by atoms with van der Waals surface area (Å²) in [5.41, 5.74) is 0.330. The Kier molecular flexibility index (Phi) is 5.57. The first kappa shape index (κ1) is 16.5.